The topological polar surface area (TPSA) is 80.6 Å². The number of hydrazone groups is 1. The van der Waals surface area contributed by atoms with Gasteiger partial charge < -0.3 is 4.90 Å². The minimum absolute atomic E-state index is 0.260. The monoisotopic (exact) mass is 314 g/mol. The Morgan fingerprint density at radius 1 is 1.13 bits per heavy atom. The van der Waals surface area contributed by atoms with Gasteiger partial charge in [-0.3, -0.25) is 20.0 Å². The van der Waals surface area contributed by atoms with Gasteiger partial charge in [-0.25, -0.2) is 9.79 Å². The molecule has 2 aliphatic heterocycles. The number of amidine groups is 1. The van der Waals surface area contributed by atoms with E-state index in [4.69, 9.17) is 0 Å². The van der Waals surface area contributed by atoms with Crippen LogP contribution in [0.25, 0.3) is 0 Å². The van der Waals surface area contributed by atoms with E-state index in [2.05, 4.69) is 15.5 Å². The van der Waals surface area contributed by atoms with Crippen LogP contribution in [0.5, 0.6) is 0 Å². The number of rotatable bonds is 2. The Balaban J connectivity index is 1.93. The van der Waals surface area contributed by atoms with Gasteiger partial charge in [-0.2, -0.15) is 5.10 Å². The lowest BCUT2D eigenvalue weighted by Crippen LogP contribution is -2.64. The highest BCUT2D eigenvalue weighted by Gasteiger charge is 2.42. The lowest BCUT2D eigenvalue weighted by molar-refractivity contribution is -0.122. The van der Waals surface area contributed by atoms with E-state index in [1.54, 1.807) is 7.05 Å². The van der Waals surface area contributed by atoms with Crippen molar-refractivity contribution in [2.45, 2.75) is 6.17 Å². The minimum atomic E-state index is -0.629. The number of hydrogen-bond acceptors (Lipinski definition) is 6. The van der Waals surface area contributed by atoms with Crippen LogP contribution in [0.4, 0.5) is 10.5 Å². The molecule has 1 unspecified atom stereocenters. The number of urea groups is 1. The summed E-state index contributed by atoms with van der Waals surface area (Å²) in [6.45, 7) is 0. The number of imide groups is 1. The van der Waals surface area contributed by atoms with Crippen LogP contribution in [-0.4, -0.2) is 67.6 Å². The van der Waals surface area contributed by atoms with Crippen LogP contribution >= 0.6 is 0 Å². The molecule has 1 N–H and O–H groups in total. The van der Waals surface area contributed by atoms with E-state index >= 15 is 0 Å². The van der Waals surface area contributed by atoms with Crippen LogP contribution < -0.4 is 10.3 Å². The molecule has 0 bridgehead atoms. The third-order valence-corrected chi connectivity index (χ3v) is 3.92. The number of fused-ring (bicyclic) bond motifs is 1. The van der Waals surface area contributed by atoms with Gasteiger partial charge in [0.1, 0.15) is 0 Å². The largest absolute Gasteiger partial charge is 0.378 e. The van der Waals surface area contributed by atoms with E-state index in [0.717, 1.165) is 16.2 Å². The first-order chi connectivity index (χ1) is 10.9. The van der Waals surface area contributed by atoms with Crippen LogP contribution in [-0.2, 0) is 4.79 Å². The van der Waals surface area contributed by atoms with Crippen molar-refractivity contribution in [3.8, 4) is 0 Å². The highest BCUT2D eigenvalue weighted by Crippen LogP contribution is 2.18. The summed E-state index contributed by atoms with van der Waals surface area (Å²) in [6.07, 6.45) is -0.629. The van der Waals surface area contributed by atoms with Crippen molar-refractivity contribution in [3.63, 3.8) is 0 Å². The normalized spacial score (nSPS) is 20.6. The zero-order valence-corrected chi connectivity index (χ0v) is 13.4. The molecule has 0 spiro atoms. The fourth-order valence-corrected chi connectivity index (χ4v) is 2.46. The van der Waals surface area contributed by atoms with Crippen molar-refractivity contribution < 1.29 is 9.59 Å². The van der Waals surface area contributed by atoms with E-state index in [1.807, 2.05) is 43.3 Å². The van der Waals surface area contributed by atoms with Crippen molar-refractivity contribution in [2.24, 2.45) is 10.1 Å². The van der Waals surface area contributed by atoms with Gasteiger partial charge in [-0.05, 0) is 24.3 Å². The van der Waals surface area contributed by atoms with Gasteiger partial charge in [-0.1, -0.05) is 0 Å². The summed E-state index contributed by atoms with van der Waals surface area (Å²) < 4.78 is 0. The van der Waals surface area contributed by atoms with Crippen molar-refractivity contribution in [3.05, 3.63) is 29.8 Å². The molecular formula is C15H18N6O2. The lowest BCUT2D eigenvalue weighted by Gasteiger charge is -2.37. The molecule has 23 heavy (non-hydrogen) atoms. The molecule has 1 aromatic carbocycles. The van der Waals surface area contributed by atoms with Crippen LogP contribution in [0, 0.1) is 0 Å². The summed E-state index contributed by atoms with van der Waals surface area (Å²) >= 11 is 0. The molecule has 0 aromatic heterocycles. The van der Waals surface area contributed by atoms with E-state index < -0.39 is 12.1 Å². The Morgan fingerprint density at radius 2 is 1.78 bits per heavy atom. The number of nitrogens with zero attached hydrogens (tertiary/aromatic N) is 5. The SMILES string of the molecule is CN1C(=O)C2=NC(c3ccc(N(C)C)cc3)=NNC2N(C)C1=O. The Morgan fingerprint density at radius 3 is 2.39 bits per heavy atom. The Hall–Kier alpha value is -2.90. The number of hydrogen-bond donors (Lipinski definition) is 1. The first-order valence-electron chi connectivity index (χ1n) is 7.14. The second kappa shape index (κ2) is 5.38. The quantitative estimate of drug-likeness (QED) is 0.852. The zero-order chi connectivity index (χ0) is 16.7. The predicted molar refractivity (Wildman–Crippen MR) is 87.6 cm³/mol. The van der Waals surface area contributed by atoms with Gasteiger partial charge in [0.2, 0.25) is 0 Å². The first kappa shape index (κ1) is 15.0. The molecule has 120 valence electrons. The van der Waals surface area contributed by atoms with Crippen LogP contribution in [0.15, 0.2) is 34.4 Å². The third-order valence-electron chi connectivity index (χ3n) is 3.92. The number of nitrogens with one attached hydrogen (secondary N) is 1. The summed E-state index contributed by atoms with van der Waals surface area (Å²) in [6, 6.07) is 7.31. The average molecular weight is 314 g/mol. The fourth-order valence-electron chi connectivity index (χ4n) is 2.46. The van der Waals surface area contributed by atoms with Gasteiger partial charge in [0.15, 0.2) is 17.7 Å². The van der Waals surface area contributed by atoms with Gasteiger partial charge >= 0.3 is 6.03 Å². The molecule has 1 saturated heterocycles. The summed E-state index contributed by atoms with van der Waals surface area (Å²) in [5, 5.41) is 4.20. The highest BCUT2D eigenvalue weighted by molar-refractivity contribution is 6.46. The molecule has 2 aliphatic rings. The number of amides is 3. The maximum atomic E-state index is 12.3. The maximum Gasteiger partial charge on any atom is 0.328 e. The summed E-state index contributed by atoms with van der Waals surface area (Å²) in [4.78, 5) is 33.0. The van der Waals surface area contributed by atoms with Crippen LogP contribution in [0.1, 0.15) is 5.56 Å². The summed E-state index contributed by atoms with van der Waals surface area (Å²) in [7, 11) is 6.97. The summed E-state index contributed by atoms with van der Waals surface area (Å²) in [5.41, 5.74) is 4.96. The van der Waals surface area contributed by atoms with Gasteiger partial charge in [0, 0.05) is 39.4 Å². The molecule has 8 heteroatoms. The number of benzene rings is 1. The van der Waals surface area contributed by atoms with E-state index in [0.29, 0.717) is 5.84 Å². The molecule has 3 amide bonds. The molecule has 1 aromatic rings. The van der Waals surface area contributed by atoms with Crippen molar-refractivity contribution >= 4 is 29.2 Å². The van der Waals surface area contributed by atoms with Gasteiger partial charge in [0.25, 0.3) is 5.91 Å². The van der Waals surface area contributed by atoms with Gasteiger partial charge in [0.05, 0.1) is 0 Å². The second-order valence-electron chi connectivity index (χ2n) is 5.66. The molecular weight excluding hydrogens is 296 g/mol. The molecule has 3 rings (SSSR count). The fraction of sp³-hybridized carbons (Fsp3) is 0.333. The van der Waals surface area contributed by atoms with E-state index in [-0.39, 0.29) is 11.7 Å². The number of carbonyl (C=O) groups is 2. The van der Waals surface area contributed by atoms with E-state index in [9.17, 15) is 9.59 Å². The number of carbonyl (C=O) groups excluding carboxylic acids is 2. The van der Waals surface area contributed by atoms with E-state index in [1.165, 1.54) is 11.9 Å². The highest BCUT2D eigenvalue weighted by atomic mass is 16.2. The average Bonchev–Trinajstić information content (AvgIpc) is 2.57. The minimum Gasteiger partial charge on any atom is -0.378 e. The Kier molecular flexibility index (Phi) is 3.51. The predicted octanol–water partition coefficient (Wildman–Crippen LogP) is 0.308. The smallest absolute Gasteiger partial charge is 0.328 e. The Labute approximate surface area is 134 Å². The summed E-state index contributed by atoms with van der Waals surface area (Å²) in [5.74, 6) is 0.00830. The lowest BCUT2D eigenvalue weighted by atomic mass is 10.1. The first-order valence-corrected chi connectivity index (χ1v) is 7.14. The third kappa shape index (κ3) is 2.41. The molecule has 0 aliphatic carbocycles. The van der Waals surface area contributed by atoms with Crippen LogP contribution in [0.3, 0.4) is 0 Å². The second-order valence-corrected chi connectivity index (χ2v) is 5.66. The Bertz CT molecular complexity index is 722. The van der Waals surface area contributed by atoms with Gasteiger partial charge in [-0.15, -0.1) is 0 Å². The zero-order valence-electron chi connectivity index (χ0n) is 13.4. The standard InChI is InChI=1S/C15H18N6O2/c1-19(2)10-7-5-9(6-8-10)12-16-11-13(18-17-12)20(3)15(23)21(4)14(11)22/h5-8,13,18H,1-4H3. The number of aliphatic imine (C=N–C) groups is 1. The van der Waals surface area contributed by atoms with Crippen molar-refractivity contribution in [1.29, 1.82) is 0 Å². The molecule has 8 nitrogen and oxygen atoms in total. The van der Waals surface area contributed by atoms with Crippen molar-refractivity contribution in [2.75, 3.05) is 33.1 Å². The maximum absolute atomic E-state index is 12.3. The number of anilines is 1. The molecule has 2 heterocycles. The van der Waals surface area contributed by atoms with Crippen molar-refractivity contribution in [1.82, 2.24) is 15.2 Å². The molecule has 1 fully saturated rings. The molecule has 0 radical (unpaired) electrons. The molecule has 1 atom stereocenters. The van der Waals surface area contributed by atoms with Crippen LogP contribution in [0.2, 0.25) is 0 Å². The molecule has 0 saturated carbocycles.